The first-order valence-electron chi connectivity index (χ1n) is 5.48. The van der Waals surface area contributed by atoms with Crippen molar-refractivity contribution in [3.63, 3.8) is 0 Å². The lowest BCUT2D eigenvalue weighted by Crippen LogP contribution is -2.39. The highest BCUT2D eigenvalue weighted by Crippen LogP contribution is 2.36. The van der Waals surface area contributed by atoms with Crippen molar-refractivity contribution in [3.8, 4) is 0 Å². The van der Waals surface area contributed by atoms with Crippen LogP contribution in [0.25, 0.3) is 0 Å². The van der Waals surface area contributed by atoms with Gasteiger partial charge in [0.1, 0.15) is 0 Å². The molecule has 2 nitrogen and oxygen atoms in total. The van der Waals surface area contributed by atoms with Gasteiger partial charge in [0.05, 0.1) is 6.61 Å². The van der Waals surface area contributed by atoms with Crippen LogP contribution in [0.15, 0.2) is 0 Å². The Kier molecular flexibility index (Phi) is 4.20. The standard InChI is InChI=1S/C11H23NO/c1-4-13-9-8-12-10-6-5-7-11(10,2)3/h10,12H,4-9H2,1-3H3. The minimum atomic E-state index is 0.492. The van der Waals surface area contributed by atoms with Gasteiger partial charge in [0.15, 0.2) is 0 Å². The quantitative estimate of drug-likeness (QED) is 0.663. The fraction of sp³-hybridized carbons (Fsp3) is 1.00. The first-order valence-corrected chi connectivity index (χ1v) is 5.48. The van der Waals surface area contributed by atoms with Crippen molar-refractivity contribution < 1.29 is 4.74 Å². The van der Waals surface area contributed by atoms with Crippen LogP contribution in [-0.2, 0) is 4.74 Å². The average molecular weight is 185 g/mol. The molecule has 1 aliphatic carbocycles. The highest BCUT2D eigenvalue weighted by molar-refractivity contribution is 4.89. The van der Waals surface area contributed by atoms with Gasteiger partial charge in [-0.15, -0.1) is 0 Å². The molecule has 0 spiro atoms. The van der Waals surface area contributed by atoms with Crippen molar-refractivity contribution >= 4 is 0 Å². The van der Waals surface area contributed by atoms with Gasteiger partial charge in [0, 0.05) is 19.2 Å². The summed E-state index contributed by atoms with van der Waals surface area (Å²) < 4.78 is 5.30. The first kappa shape index (κ1) is 11.0. The van der Waals surface area contributed by atoms with Gasteiger partial charge >= 0.3 is 0 Å². The van der Waals surface area contributed by atoms with E-state index in [9.17, 15) is 0 Å². The zero-order valence-corrected chi connectivity index (χ0v) is 9.23. The van der Waals surface area contributed by atoms with Gasteiger partial charge in [-0.1, -0.05) is 20.3 Å². The van der Waals surface area contributed by atoms with Crippen LogP contribution in [-0.4, -0.2) is 25.8 Å². The molecule has 1 N–H and O–H groups in total. The smallest absolute Gasteiger partial charge is 0.0590 e. The molecule has 1 fully saturated rings. The second-order valence-corrected chi connectivity index (χ2v) is 4.58. The molecule has 2 heteroatoms. The molecule has 0 aromatic rings. The summed E-state index contributed by atoms with van der Waals surface area (Å²) in [6, 6.07) is 0.702. The number of ether oxygens (including phenoxy) is 1. The average Bonchev–Trinajstić information content (AvgIpc) is 2.40. The van der Waals surface area contributed by atoms with Crippen LogP contribution < -0.4 is 5.32 Å². The van der Waals surface area contributed by atoms with Gasteiger partial charge in [-0.25, -0.2) is 0 Å². The lowest BCUT2D eigenvalue weighted by atomic mass is 9.87. The third-order valence-electron chi connectivity index (χ3n) is 3.10. The summed E-state index contributed by atoms with van der Waals surface area (Å²) >= 11 is 0. The fourth-order valence-corrected chi connectivity index (χ4v) is 2.15. The van der Waals surface area contributed by atoms with Crippen molar-refractivity contribution in [1.29, 1.82) is 0 Å². The molecule has 0 aromatic heterocycles. The Bertz CT molecular complexity index is 145. The minimum Gasteiger partial charge on any atom is -0.380 e. The second-order valence-electron chi connectivity index (χ2n) is 4.58. The van der Waals surface area contributed by atoms with Gasteiger partial charge in [0.25, 0.3) is 0 Å². The summed E-state index contributed by atoms with van der Waals surface area (Å²) in [5.41, 5.74) is 0.492. The summed E-state index contributed by atoms with van der Waals surface area (Å²) in [4.78, 5) is 0. The maximum atomic E-state index is 5.30. The molecule has 0 radical (unpaired) electrons. The summed E-state index contributed by atoms with van der Waals surface area (Å²) in [7, 11) is 0. The van der Waals surface area contributed by atoms with Gasteiger partial charge in [-0.2, -0.15) is 0 Å². The molecule has 1 atom stereocenters. The maximum absolute atomic E-state index is 5.30. The first-order chi connectivity index (χ1) is 6.17. The molecule has 13 heavy (non-hydrogen) atoms. The van der Waals surface area contributed by atoms with E-state index in [0.717, 1.165) is 19.8 Å². The molecule has 1 aliphatic rings. The predicted octanol–water partition coefficient (Wildman–Crippen LogP) is 2.19. The van der Waals surface area contributed by atoms with Crippen LogP contribution in [0, 0.1) is 5.41 Å². The highest BCUT2D eigenvalue weighted by Gasteiger charge is 2.33. The Hall–Kier alpha value is -0.0800. The molecule has 0 amide bonds. The zero-order chi connectivity index (χ0) is 9.73. The van der Waals surface area contributed by atoms with Crippen molar-refractivity contribution in [2.24, 2.45) is 5.41 Å². The summed E-state index contributed by atoms with van der Waals surface area (Å²) in [5.74, 6) is 0. The van der Waals surface area contributed by atoms with Crippen molar-refractivity contribution in [3.05, 3.63) is 0 Å². The molecular formula is C11H23NO. The van der Waals surface area contributed by atoms with Crippen molar-refractivity contribution in [2.75, 3.05) is 19.8 Å². The van der Waals surface area contributed by atoms with E-state index in [-0.39, 0.29) is 0 Å². The number of nitrogens with one attached hydrogen (secondary N) is 1. The van der Waals surface area contributed by atoms with Crippen molar-refractivity contribution in [2.45, 2.75) is 46.1 Å². The Morgan fingerprint density at radius 2 is 2.23 bits per heavy atom. The molecule has 0 aliphatic heterocycles. The van der Waals surface area contributed by atoms with Gasteiger partial charge in [-0.3, -0.25) is 0 Å². The van der Waals surface area contributed by atoms with Crippen LogP contribution >= 0.6 is 0 Å². The monoisotopic (exact) mass is 185 g/mol. The second kappa shape index (κ2) is 4.97. The molecule has 1 rings (SSSR count). The summed E-state index contributed by atoms with van der Waals surface area (Å²) in [5, 5.41) is 3.58. The third kappa shape index (κ3) is 3.28. The van der Waals surface area contributed by atoms with Crippen LogP contribution in [0.2, 0.25) is 0 Å². The largest absolute Gasteiger partial charge is 0.380 e. The van der Waals surface area contributed by atoms with Crippen LogP contribution in [0.4, 0.5) is 0 Å². The molecule has 0 heterocycles. The van der Waals surface area contributed by atoms with Crippen LogP contribution in [0.1, 0.15) is 40.0 Å². The van der Waals surface area contributed by atoms with E-state index in [1.54, 1.807) is 0 Å². The van der Waals surface area contributed by atoms with E-state index in [0.29, 0.717) is 11.5 Å². The fourth-order valence-electron chi connectivity index (χ4n) is 2.15. The van der Waals surface area contributed by atoms with E-state index >= 15 is 0 Å². The Morgan fingerprint density at radius 3 is 2.77 bits per heavy atom. The highest BCUT2D eigenvalue weighted by atomic mass is 16.5. The molecule has 1 unspecified atom stereocenters. The zero-order valence-electron chi connectivity index (χ0n) is 9.23. The number of rotatable bonds is 5. The molecule has 0 aromatic carbocycles. The lowest BCUT2D eigenvalue weighted by molar-refractivity contribution is 0.141. The predicted molar refractivity (Wildman–Crippen MR) is 55.9 cm³/mol. The Labute approximate surface area is 82.0 Å². The number of hydrogen-bond donors (Lipinski definition) is 1. The van der Waals surface area contributed by atoms with Crippen LogP contribution in [0.5, 0.6) is 0 Å². The van der Waals surface area contributed by atoms with E-state index in [1.807, 2.05) is 6.92 Å². The molecular weight excluding hydrogens is 162 g/mol. The van der Waals surface area contributed by atoms with Gasteiger partial charge < -0.3 is 10.1 Å². The molecule has 78 valence electrons. The minimum absolute atomic E-state index is 0.492. The Balaban J connectivity index is 2.14. The van der Waals surface area contributed by atoms with E-state index in [4.69, 9.17) is 4.74 Å². The molecule has 1 saturated carbocycles. The summed E-state index contributed by atoms with van der Waals surface area (Å²) in [6.45, 7) is 9.44. The van der Waals surface area contributed by atoms with E-state index < -0.39 is 0 Å². The Morgan fingerprint density at radius 1 is 1.46 bits per heavy atom. The van der Waals surface area contributed by atoms with E-state index in [1.165, 1.54) is 19.3 Å². The lowest BCUT2D eigenvalue weighted by Gasteiger charge is -2.27. The number of hydrogen-bond acceptors (Lipinski definition) is 2. The SMILES string of the molecule is CCOCCNC1CCCC1(C)C. The molecule has 0 bridgehead atoms. The van der Waals surface area contributed by atoms with E-state index in [2.05, 4.69) is 19.2 Å². The van der Waals surface area contributed by atoms with Gasteiger partial charge in [0.2, 0.25) is 0 Å². The third-order valence-corrected chi connectivity index (χ3v) is 3.10. The summed E-state index contributed by atoms with van der Waals surface area (Å²) in [6.07, 6.45) is 4.07. The normalized spacial score (nSPS) is 26.5. The van der Waals surface area contributed by atoms with Crippen molar-refractivity contribution in [1.82, 2.24) is 5.32 Å². The molecule has 0 saturated heterocycles. The van der Waals surface area contributed by atoms with Crippen LogP contribution in [0.3, 0.4) is 0 Å². The maximum Gasteiger partial charge on any atom is 0.0590 e. The van der Waals surface area contributed by atoms with Gasteiger partial charge in [-0.05, 0) is 25.2 Å². The topological polar surface area (TPSA) is 21.3 Å².